The molecule has 0 amide bonds. The number of hydrogen-bond donors (Lipinski definition) is 1. The van der Waals surface area contributed by atoms with Crippen molar-refractivity contribution in [1.29, 1.82) is 0 Å². The maximum Gasteiger partial charge on any atom is 0.124 e. The Balaban J connectivity index is 2.03. The zero-order valence-electron chi connectivity index (χ0n) is 10.9. The molecule has 1 heterocycles. The Labute approximate surface area is 121 Å². The molecule has 0 unspecified atom stereocenters. The number of aromatic nitrogens is 1. The quantitative estimate of drug-likeness (QED) is 0.819. The molecule has 5 heteroatoms. The first-order valence-corrected chi connectivity index (χ1v) is 8.09. The molecule has 1 aromatic carbocycles. The van der Waals surface area contributed by atoms with Gasteiger partial charge in [-0.2, -0.15) is 0 Å². The predicted molar refractivity (Wildman–Crippen MR) is 80.0 cm³/mol. The Morgan fingerprint density at radius 2 is 2.26 bits per heavy atom. The van der Waals surface area contributed by atoms with Crippen molar-refractivity contribution in [2.75, 3.05) is 0 Å². The largest absolute Gasteiger partial charge is 0.326 e. The van der Waals surface area contributed by atoms with Crippen LogP contribution in [0.5, 0.6) is 0 Å². The highest BCUT2D eigenvalue weighted by Crippen LogP contribution is 2.27. The van der Waals surface area contributed by atoms with Gasteiger partial charge in [-0.15, -0.1) is 23.1 Å². The van der Waals surface area contributed by atoms with Crippen molar-refractivity contribution in [1.82, 2.24) is 4.98 Å². The molecule has 1 aromatic heterocycles. The zero-order chi connectivity index (χ0) is 13.7. The third kappa shape index (κ3) is 4.03. The molecule has 0 aliphatic heterocycles. The molecular formula is C14H17FN2S2. The van der Waals surface area contributed by atoms with Gasteiger partial charge in [-0.25, -0.2) is 9.37 Å². The number of thioether (sulfide) groups is 1. The summed E-state index contributed by atoms with van der Waals surface area (Å²) < 4.78 is 13.1. The van der Waals surface area contributed by atoms with Gasteiger partial charge in [0.15, 0.2) is 0 Å². The topological polar surface area (TPSA) is 38.9 Å². The van der Waals surface area contributed by atoms with E-state index in [1.807, 2.05) is 6.07 Å². The third-order valence-corrected chi connectivity index (χ3v) is 4.96. The average molecular weight is 296 g/mol. The number of thiazole rings is 1. The van der Waals surface area contributed by atoms with E-state index in [0.29, 0.717) is 6.54 Å². The summed E-state index contributed by atoms with van der Waals surface area (Å²) >= 11 is 3.28. The van der Waals surface area contributed by atoms with E-state index in [9.17, 15) is 4.39 Å². The first-order valence-electron chi connectivity index (χ1n) is 6.28. The van der Waals surface area contributed by atoms with Crippen LogP contribution in [0.4, 0.5) is 4.39 Å². The fourth-order valence-corrected chi connectivity index (χ4v) is 3.72. The van der Waals surface area contributed by atoms with E-state index in [1.54, 1.807) is 35.2 Å². The number of nitrogens with zero attached hydrogens (tertiary/aromatic N) is 1. The van der Waals surface area contributed by atoms with Crippen molar-refractivity contribution in [3.63, 3.8) is 0 Å². The van der Waals surface area contributed by atoms with Crippen LogP contribution in [-0.4, -0.2) is 4.98 Å². The van der Waals surface area contributed by atoms with Gasteiger partial charge in [0.1, 0.15) is 10.8 Å². The van der Waals surface area contributed by atoms with Crippen molar-refractivity contribution >= 4 is 23.1 Å². The second kappa shape index (κ2) is 7.03. The highest BCUT2D eigenvalue weighted by molar-refractivity contribution is 7.98. The maximum atomic E-state index is 13.1. The number of nitrogens with two attached hydrogens (primary N) is 1. The van der Waals surface area contributed by atoms with Gasteiger partial charge in [0.25, 0.3) is 0 Å². The summed E-state index contributed by atoms with van der Waals surface area (Å²) in [4.78, 5) is 6.74. The van der Waals surface area contributed by atoms with Crippen LogP contribution in [0.15, 0.2) is 29.2 Å². The Kier molecular flexibility index (Phi) is 5.36. The predicted octanol–water partition coefficient (Wildman–Crippen LogP) is 3.99. The molecule has 2 rings (SSSR count). The lowest BCUT2D eigenvalue weighted by Crippen LogP contribution is -1.97. The molecule has 0 atom stereocenters. The van der Waals surface area contributed by atoms with Crippen LogP contribution in [0.2, 0.25) is 0 Å². The Bertz CT molecular complexity index is 540. The van der Waals surface area contributed by atoms with Crippen LogP contribution in [0, 0.1) is 5.82 Å². The van der Waals surface area contributed by atoms with Crippen molar-refractivity contribution in [3.8, 4) is 0 Å². The molecule has 0 aliphatic rings. The van der Waals surface area contributed by atoms with E-state index in [-0.39, 0.29) is 5.82 Å². The fraction of sp³-hybridized carbons (Fsp3) is 0.357. The third-order valence-electron chi connectivity index (χ3n) is 2.65. The first kappa shape index (κ1) is 14.5. The molecule has 2 N–H and O–H groups in total. The SMILES string of the molecule is CCCc1nc(CSc2cccc(F)c2)sc1CN. The fourth-order valence-electron chi connectivity index (χ4n) is 1.79. The lowest BCUT2D eigenvalue weighted by molar-refractivity contribution is 0.624. The highest BCUT2D eigenvalue weighted by atomic mass is 32.2. The van der Waals surface area contributed by atoms with Crippen LogP contribution in [0.25, 0.3) is 0 Å². The van der Waals surface area contributed by atoms with Gasteiger partial charge in [-0.05, 0) is 24.6 Å². The van der Waals surface area contributed by atoms with E-state index in [0.717, 1.165) is 34.2 Å². The lowest BCUT2D eigenvalue weighted by Gasteiger charge is -1.98. The Morgan fingerprint density at radius 3 is 2.95 bits per heavy atom. The summed E-state index contributed by atoms with van der Waals surface area (Å²) in [6, 6.07) is 6.65. The molecule has 0 bridgehead atoms. The second-order valence-corrected chi connectivity index (χ2v) is 6.39. The van der Waals surface area contributed by atoms with Gasteiger partial charge in [0, 0.05) is 16.3 Å². The van der Waals surface area contributed by atoms with Crippen LogP contribution in [0.1, 0.15) is 28.9 Å². The van der Waals surface area contributed by atoms with Crippen molar-refractivity contribution in [2.24, 2.45) is 5.73 Å². The van der Waals surface area contributed by atoms with E-state index >= 15 is 0 Å². The van der Waals surface area contributed by atoms with Gasteiger partial charge in [-0.3, -0.25) is 0 Å². The molecule has 0 aliphatic carbocycles. The van der Waals surface area contributed by atoms with Gasteiger partial charge < -0.3 is 5.73 Å². The molecule has 0 saturated heterocycles. The van der Waals surface area contributed by atoms with Crippen molar-refractivity contribution in [3.05, 3.63) is 45.7 Å². The summed E-state index contributed by atoms with van der Waals surface area (Å²) in [5.41, 5.74) is 6.86. The molecule has 0 fully saturated rings. The van der Waals surface area contributed by atoms with Gasteiger partial charge in [0.05, 0.1) is 11.4 Å². The normalized spacial score (nSPS) is 10.9. The van der Waals surface area contributed by atoms with Crippen LogP contribution in [-0.2, 0) is 18.7 Å². The van der Waals surface area contributed by atoms with E-state index < -0.39 is 0 Å². The monoisotopic (exact) mass is 296 g/mol. The maximum absolute atomic E-state index is 13.1. The summed E-state index contributed by atoms with van der Waals surface area (Å²) in [6.45, 7) is 2.69. The van der Waals surface area contributed by atoms with E-state index in [2.05, 4.69) is 11.9 Å². The lowest BCUT2D eigenvalue weighted by atomic mass is 10.2. The van der Waals surface area contributed by atoms with Gasteiger partial charge in [-0.1, -0.05) is 19.4 Å². The number of halogens is 1. The summed E-state index contributed by atoms with van der Waals surface area (Å²) in [5.74, 6) is 0.573. The van der Waals surface area contributed by atoms with Crippen LogP contribution < -0.4 is 5.73 Å². The standard InChI is InChI=1S/C14H17FN2S2/c1-2-4-12-13(8-16)19-14(17-12)9-18-11-6-3-5-10(15)7-11/h3,5-7H,2,4,8-9,16H2,1H3. The van der Waals surface area contributed by atoms with Crippen LogP contribution >= 0.6 is 23.1 Å². The minimum Gasteiger partial charge on any atom is -0.326 e. The smallest absolute Gasteiger partial charge is 0.124 e. The molecular weight excluding hydrogens is 279 g/mol. The average Bonchev–Trinajstić information content (AvgIpc) is 2.79. The summed E-state index contributed by atoms with van der Waals surface area (Å²) in [6.07, 6.45) is 2.06. The molecule has 0 spiro atoms. The Hall–Kier alpha value is -0.910. The highest BCUT2D eigenvalue weighted by Gasteiger charge is 2.09. The second-order valence-electron chi connectivity index (χ2n) is 4.18. The minimum atomic E-state index is -0.196. The van der Waals surface area contributed by atoms with Crippen LogP contribution in [0.3, 0.4) is 0 Å². The molecule has 102 valence electrons. The first-order chi connectivity index (χ1) is 9.22. The van der Waals surface area contributed by atoms with Gasteiger partial charge >= 0.3 is 0 Å². The number of benzene rings is 1. The minimum absolute atomic E-state index is 0.196. The number of rotatable bonds is 6. The molecule has 2 nitrogen and oxygen atoms in total. The van der Waals surface area contributed by atoms with Crippen molar-refractivity contribution in [2.45, 2.75) is 37.0 Å². The van der Waals surface area contributed by atoms with Gasteiger partial charge in [0.2, 0.25) is 0 Å². The molecule has 2 aromatic rings. The molecule has 0 radical (unpaired) electrons. The van der Waals surface area contributed by atoms with E-state index in [1.165, 1.54) is 10.9 Å². The Morgan fingerprint density at radius 1 is 1.42 bits per heavy atom. The van der Waals surface area contributed by atoms with Crippen molar-refractivity contribution < 1.29 is 4.39 Å². The summed E-state index contributed by atoms with van der Waals surface area (Å²) in [7, 11) is 0. The number of aryl methyl sites for hydroxylation is 1. The molecule has 19 heavy (non-hydrogen) atoms. The number of hydrogen-bond acceptors (Lipinski definition) is 4. The summed E-state index contributed by atoms with van der Waals surface area (Å²) in [5, 5.41) is 1.07. The van der Waals surface area contributed by atoms with E-state index in [4.69, 9.17) is 5.73 Å². The zero-order valence-corrected chi connectivity index (χ0v) is 12.5. The molecule has 0 saturated carbocycles.